The summed E-state index contributed by atoms with van der Waals surface area (Å²) in [5.41, 5.74) is 2.26. The second kappa shape index (κ2) is 29.0. The summed E-state index contributed by atoms with van der Waals surface area (Å²) in [5.74, 6) is -1.13. The van der Waals surface area contributed by atoms with Gasteiger partial charge >= 0.3 is 5.97 Å². The molecule has 4 aromatic carbocycles. The number of hydrogen-bond donors (Lipinski definition) is 3. The molecule has 3 N–H and O–H groups in total. The van der Waals surface area contributed by atoms with Gasteiger partial charge in [0.25, 0.3) is 23.6 Å². The standard InChI is InChI=1S/C59H71N5O16/c1-73-45-25-22-37(30-47(45)74-2)21-24-44(80-59(72)43-19-10-13-29-63(43)53(68)33-38-31-48(75-3)55(77-5)49(32-38)76-4)39-16-14-17-40(34-39)78-35-51(66)60-27-11-8-6-7-9-12-28-61-52(67)36-79-46-20-15-18-41-54(46)58(71)64(57(41)70)42-23-26-50(65)62-56(42)69/h14-18,20,22,25,30-32,34,42-44H,6-13,19,21,23-24,26-29,33,35-36H2,1-5H3,(H,60,66)(H,61,67)(H,62,65,69)/t42?,43-,44+/m0/s1. The highest BCUT2D eigenvalue weighted by Crippen LogP contribution is 2.39. The van der Waals surface area contributed by atoms with Crippen LogP contribution in [0, 0.1) is 0 Å². The van der Waals surface area contributed by atoms with Crippen molar-refractivity contribution in [3.63, 3.8) is 0 Å². The van der Waals surface area contributed by atoms with Crippen LogP contribution >= 0.6 is 0 Å². The van der Waals surface area contributed by atoms with E-state index in [9.17, 15) is 38.4 Å². The third-order valence-electron chi connectivity index (χ3n) is 14.2. The number of unbranched alkanes of at least 4 members (excludes halogenated alkanes) is 5. The molecule has 3 aliphatic rings. The van der Waals surface area contributed by atoms with Gasteiger partial charge in [-0.15, -0.1) is 0 Å². The highest BCUT2D eigenvalue weighted by Gasteiger charge is 2.46. The van der Waals surface area contributed by atoms with Crippen LogP contribution in [0.15, 0.2) is 72.8 Å². The Hall–Kier alpha value is -8.36. The number of fused-ring (bicyclic) bond motifs is 1. The van der Waals surface area contributed by atoms with Crippen molar-refractivity contribution in [3.05, 3.63) is 101 Å². The van der Waals surface area contributed by atoms with Gasteiger partial charge in [-0.05, 0) is 117 Å². The second-order valence-electron chi connectivity index (χ2n) is 19.6. The smallest absolute Gasteiger partial charge is 0.329 e. The zero-order valence-electron chi connectivity index (χ0n) is 46.0. The van der Waals surface area contributed by atoms with E-state index in [1.54, 1.807) is 49.5 Å². The Labute approximate surface area is 465 Å². The molecule has 3 atom stereocenters. The van der Waals surface area contributed by atoms with Gasteiger partial charge in [0.05, 0.1) is 53.1 Å². The van der Waals surface area contributed by atoms with Gasteiger partial charge in [-0.1, -0.05) is 49.9 Å². The van der Waals surface area contributed by atoms with Crippen molar-refractivity contribution in [2.75, 3.05) is 68.4 Å². The van der Waals surface area contributed by atoms with Crippen LogP contribution in [-0.4, -0.2) is 138 Å². The fourth-order valence-corrected chi connectivity index (χ4v) is 10.1. The molecule has 0 aromatic heterocycles. The number of carbonyl (C=O) groups is 8. The third kappa shape index (κ3) is 15.3. The molecular formula is C59H71N5O16. The molecule has 0 aliphatic carbocycles. The molecular weight excluding hydrogens is 1030 g/mol. The van der Waals surface area contributed by atoms with Crippen molar-refractivity contribution in [1.82, 2.24) is 25.8 Å². The molecule has 0 spiro atoms. The highest BCUT2D eigenvalue weighted by molar-refractivity contribution is 6.24. The zero-order chi connectivity index (χ0) is 57.1. The van der Waals surface area contributed by atoms with E-state index in [1.165, 1.54) is 39.5 Å². The normalized spacial score (nSPS) is 16.2. The van der Waals surface area contributed by atoms with Gasteiger partial charge in [-0.3, -0.25) is 43.8 Å². The number of carbonyl (C=O) groups excluding carboxylic acids is 8. The molecule has 428 valence electrons. The summed E-state index contributed by atoms with van der Waals surface area (Å²) in [6.45, 7) is 0.670. The fourth-order valence-electron chi connectivity index (χ4n) is 10.1. The van der Waals surface area contributed by atoms with E-state index < -0.39 is 53.7 Å². The molecule has 4 aromatic rings. The minimum atomic E-state index is -1.11. The number of ether oxygens (including phenoxy) is 8. The predicted molar refractivity (Wildman–Crippen MR) is 290 cm³/mol. The lowest BCUT2D eigenvalue weighted by molar-refractivity contribution is -0.162. The second-order valence-corrected chi connectivity index (χ2v) is 19.6. The van der Waals surface area contributed by atoms with Crippen LogP contribution in [0.2, 0.25) is 0 Å². The molecule has 2 saturated heterocycles. The summed E-state index contributed by atoms with van der Waals surface area (Å²) in [7, 11) is 7.66. The van der Waals surface area contributed by atoms with Crippen LogP contribution in [0.5, 0.6) is 40.2 Å². The van der Waals surface area contributed by atoms with E-state index in [-0.39, 0.29) is 61.2 Å². The minimum absolute atomic E-state index is 0.0000802. The summed E-state index contributed by atoms with van der Waals surface area (Å²) in [6.07, 6.45) is 7.20. The first-order valence-electron chi connectivity index (χ1n) is 27.0. The van der Waals surface area contributed by atoms with Crippen LogP contribution in [0.1, 0.15) is 121 Å². The van der Waals surface area contributed by atoms with Crippen LogP contribution in [-0.2, 0) is 46.3 Å². The number of aryl methyl sites for hydroxylation is 1. The number of amides is 7. The van der Waals surface area contributed by atoms with Crippen molar-refractivity contribution in [3.8, 4) is 40.2 Å². The van der Waals surface area contributed by atoms with Crippen molar-refractivity contribution >= 4 is 47.3 Å². The molecule has 3 heterocycles. The molecule has 21 heteroatoms. The number of nitrogens with one attached hydrogen (secondary N) is 3. The third-order valence-corrected chi connectivity index (χ3v) is 14.2. The zero-order valence-corrected chi connectivity index (χ0v) is 46.0. The maximum atomic E-state index is 14.3. The molecule has 7 amide bonds. The maximum Gasteiger partial charge on any atom is 0.329 e. The molecule has 7 rings (SSSR count). The van der Waals surface area contributed by atoms with Crippen LogP contribution in [0.3, 0.4) is 0 Å². The van der Waals surface area contributed by atoms with E-state index >= 15 is 0 Å². The predicted octanol–water partition coefficient (Wildman–Crippen LogP) is 6.00. The number of rotatable bonds is 29. The monoisotopic (exact) mass is 1110 g/mol. The summed E-state index contributed by atoms with van der Waals surface area (Å²) >= 11 is 0. The number of nitrogens with zero attached hydrogens (tertiary/aromatic N) is 2. The van der Waals surface area contributed by atoms with E-state index in [1.807, 2.05) is 24.3 Å². The van der Waals surface area contributed by atoms with E-state index in [2.05, 4.69) is 16.0 Å². The van der Waals surface area contributed by atoms with Gasteiger partial charge in [0, 0.05) is 26.1 Å². The molecule has 1 unspecified atom stereocenters. The topological polar surface area (TPSA) is 253 Å². The Morgan fingerprint density at radius 2 is 1.30 bits per heavy atom. The lowest BCUT2D eigenvalue weighted by Gasteiger charge is -2.35. The number of hydrogen-bond acceptors (Lipinski definition) is 16. The van der Waals surface area contributed by atoms with Crippen LogP contribution < -0.4 is 49.1 Å². The maximum absolute atomic E-state index is 14.3. The number of benzene rings is 4. The summed E-state index contributed by atoms with van der Waals surface area (Å²) < 4.78 is 45.4. The molecule has 3 aliphatic heterocycles. The Morgan fingerprint density at radius 1 is 0.650 bits per heavy atom. The first-order valence-corrected chi connectivity index (χ1v) is 27.0. The first-order chi connectivity index (χ1) is 38.8. The van der Waals surface area contributed by atoms with Gasteiger partial charge in [-0.2, -0.15) is 0 Å². The average molecular weight is 1110 g/mol. The molecule has 2 fully saturated rings. The van der Waals surface area contributed by atoms with Gasteiger partial charge in [0.2, 0.25) is 23.5 Å². The van der Waals surface area contributed by atoms with Crippen molar-refractivity contribution in [2.24, 2.45) is 0 Å². The van der Waals surface area contributed by atoms with Gasteiger partial charge < -0.3 is 53.4 Å². The molecule has 0 radical (unpaired) electrons. The summed E-state index contributed by atoms with van der Waals surface area (Å²) in [4.78, 5) is 107. The first kappa shape index (κ1) is 59.3. The SMILES string of the molecule is COc1ccc(CC[C@@H](OC(=O)[C@@H]2CCCCN2C(=O)Cc2cc(OC)c(OC)c(OC)c2)c2cccc(OCC(=O)NCCCCCCCCNC(=O)COc3cccc4c3C(=O)N(C3CCC(=O)NC3=O)C4=O)c2)cc1OC. The van der Waals surface area contributed by atoms with Crippen molar-refractivity contribution in [2.45, 2.75) is 108 Å². The van der Waals surface area contributed by atoms with Gasteiger partial charge in [0.15, 0.2) is 36.2 Å². The Balaban J connectivity index is 0.836. The molecule has 80 heavy (non-hydrogen) atoms. The van der Waals surface area contributed by atoms with Crippen LogP contribution in [0.4, 0.5) is 0 Å². The number of esters is 1. The van der Waals surface area contributed by atoms with Gasteiger partial charge in [-0.25, -0.2) is 4.79 Å². The quantitative estimate of drug-likeness (QED) is 0.0320. The summed E-state index contributed by atoms with van der Waals surface area (Å²) in [5, 5.41) is 7.88. The number of methoxy groups -OCH3 is 5. The highest BCUT2D eigenvalue weighted by atomic mass is 16.5. The Kier molecular flexibility index (Phi) is 21.5. The summed E-state index contributed by atoms with van der Waals surface area (Å²) in [6, 6.07) is 18.7. The van der Waals surface area contributed by atoms with Crippen LogP contribution in [0.25, 0.3) is 0 Å². The number of imide groups is 2. The molecule has 0 bridgehead atoms. The number of likely N-dealkylation sites (tertiary alicyclic amines) is 1. The molecule has 0 saturated carbocycles. The average Bonchev–Trinajstić information content (AvgIpc) is 3.85. The lowest BCUT2D eigenvalue weighted by Crippen LogP contribution is -2.54. The molecule has 21 nitrogen and oxygen atoms in total. The van der Waals surface area contributed by atoms with Crippen molar-refractivity contribution < 1.29 is 76.3 Å². The minimum Gasteiger partial charge on any atom is -0.493 e. The van der Waals surface area contributed by atoms with E-state index in [0.29, 0.717) is 84.5 Å². The lowest BCUT2D eigenvalue weighted by atomic mass is 9.99. The Bertz CT molecular complexity index is 2870. The van der Waals surface area contributed by atoms with E-state index in [0.717, 1.165) is 61.8 Å². The number of piperidine rings is 2. The Morgan fingerprint density at radius 3 is 1.96 bits per heavy atom. The van der Waals surface area contributed by atoms with Gasteiger partial charge in [0.1, 0.15) is 29.7 Å². The van der Waals surface area contributed by atoms with E-state index in [4.69, 9.17) is 37.9 Å². The fraction of sp³-hybridized carbons (Fsp3) is 0.458. The largest absolute Gasteiger partial charge is 0.493 e. The van der Waals surface area contributed by atoms with Crippen molar-refractivity contribution in [1.29, 1.82) is 0 Å².